The largest absolute Gasteiger partial charge is 0.478 e. The number of aryl methyl sites for hydroxylation is 1. The maximum atomic E-state index is 12.7. The van der Waals surface area contributed by atoms with Gasteiger partial charge in [-0.25, -0.2) is 9.78 Å². The van der Waals surface area contributed by atoms with Crippen molar-refractivity contribution in [3.05, 3.63) is 112 Å². The minimum Gasteiger partial charge on any atom is -0.478 e. The second-order valence-corrected chi connectivity index (χ2v) is 11.5. The van der Waals surface area contributed by atoms with Crippen molar-refractivity contribution in [3.63, 3.8) is 0 Å². The molecule has 10 heteroatoms. The second kappa shape index (κ2) is 16.1. The van der Waals surface area contributed by atoms with Crippen molar-refractivity contribution < 1.29 is 19.5 Å². The molecule has 3 N–H and O–H groups in total. The van der Waals surface area contributed by atoms with E-state index in [0.717, 1.165) is 41.8 Å². The Labute approximate surface area is 268 Å². The average molecular weight is 633 g/mol. The number of amides is 2. The highest BCUT2D eigenvalue weighted by Gasteiger charge is 2.18. The van der Waals surface area contributed by atoms with Crippen molar-refractivity contribution in [3.8, 4) is 11.1 Å². The lowest BCUT2D eigenvalue weighted by Gasteiger charge is -2.14. The van der Waals surface area contributed by atoms with Gasteiger partial charge in [0.15, 0.2) is 5.15 Å². The molecule has 8 nitrogen and oxygen atoms in total. The molecule has 3 aromatic carbocycles. The van der Waals surface area contributed by atoms with Gasteiger partial charge in [-0.1, -0.05) is 97.7 Å². The standard InChI is InChI=1S/C34H37ClN4O4S/c1-2-3-13-30-38-32(35)28(21-37-31(40)18-19-36-33(41)29(44)20-23-9-5-4-6-10-23)39(30)22-24-14-16-25(17-15-24)26-11-7-8-12-27(26)34(42)43/h4-12,14-17,29,44H,2-3,13,18-22H2,1H3,(H,36,41)(H,37,40)(H,42,43)/t29-/m0/s1. The van der Waals surface area contributed by atoms with E-state index in [1.807, 2.05) is 65.2 Å². The molecule has 0 aliphatic heterocycles. The van der Waals surface area contributed by atoms with Crippen LogP contribution < -0.4 is 10.6 Å². The molecule has 0 spiro atoms. The summed E-state index contributed by atoms with van der Waals surface area (Å²) in [6.45, 7) is 2.99. The highest BCUT2D eigenvalue weighted by Crippen LogP contribution is 2.26. The number of unbranched alkanes of at least 4 members (excludes halogenated alkanes) is 1. The van der Waals surface area contributed by atoms with E-state index in [0.29, 0.717) is 29.4 Å². The lowest BCUT2D eigenvalue weighted by Crippen LogP contribution is -2.36. The minimum absolute atomic E-state index is 0.116. The Kier molecular flexibility index (Phi) is 12.0. The van der Waals surface area contributed by atoms with Crippen molar-refractivity contribution in [2.75, 3.05) is 6.54 Å². The third-order valence-corrected chi connectivity index (χ3v) is 8.02. The zero-order valence-electron chi connectivity index (χ0n) is 24.6. The number of nitrogens with one attached hydrogen (secondary N) is 2. The molecular formula is C34H37ClN4O4S. The van der Waals surface area contributed by atoms with Gasteiger partial charge >= 0.3 is 5.97 Å². The zero-order valence-corrected chi connectivity index (χ0v) is 26.3. The number of nitrogens with zero attached hydrogens (tertiary/aromatic N) is 2. The van der Waals surface area contributed by atoms with Gasteiger partial charge in [0.1, 0.15) is 5.82 Å². The average Bonchev–Trinajstić information content (AvgIpc) is 3.32. The number of benzene rings is 3. The molecule has 2 amide bonds. The first-order valence-electron chi connectivity index (χ1n) is 14.7. The molecule has 0 saturated carbocycles. The third-order valence-electron chi connectivity index (χ3n) is 7.30. The van der Waals surface area contributed by atoms with Crippen molar-refractivity contribution >= 4 is 42.0 Å². The predicted molar refractivity (Wildman–Crippen MR) is 176 cm³/mol. The number of halogens is 1. The summed E-state index contributed by atoms with van der Waals surface area (Å²) >= 11 is 11.0. The normalized spacial score (nSPS) is 11.6. The molecule has 44 heavy (non-hydrogen) atoms. The molecule has 1 aromatic heterocycles. The van der Waals surface area contributed by atoms with Crippen molar-refractivity contribution in [1.82, 2.24) is 20.2 Å². The van der Waals surface area contributed by atoms with Crippen LogP contribution in [0.5, 0.6) is 0 Å². The van der Waals surface area contributed by atoms with Crippen molar-refractivity contribution in [2.45, 2.75) is 57.4 Å². The first-order valence-corrected chi connectivity index (χ1v) is 15.6. The molecule has 0 fully saturated rings. The number of carboxylic acid groups (broad SMARTS) is 1. The maximum absolute atomic E-state index is 12.7. The van der Waals surface area contributed by atoms with E-state index >= 15 is 0 Å². The highest BCUT2D eigenvalue weighted by molar-refractivity contribution is 7.81. The molecule has 230 valence electrons. The molecule has 1 heterocycles. The summed E-state index contributed by atoms with van der Waals surface area (Å²) in [4.78, 5) is 41.4. The Morgan fingerprint density at radius 1 is 0.955 bits per heavy atom. The van der Waals surface area contributed by atoms with E-state index in [2.05, 4.69) is 35.2 Å². The van der Waals surface area contributed by atoms with E-state index < -0.39 is 11.2 Å². The molecule has 0 saturated heterocycles. The third kappa shape index (κ3) is 8.97. The van der Waals surface area contributed by atoms with E-state index in [4.69, 9.17) is 11.6 Å². The number of aromatic nitrogens is 2. The number of carbonyl (C=O) groups is 3. The van der Waals surface area contributed by atoms with Crippen LogP contribution in [0.25, 0.3) is 11.1 Å². The van der Waals surface area contributed by atoms with Crippen LogP contribution in [-0.4, -0.2) is 44.2 Å². The van der Waals surface area contributed by atoms with Crippen LogP contribution >= 0.6 is 24.2 Å². The maximum Gasteiger partial charge on any atom is 0.336 e. The number of aromatic carboxylic acids is 1. The number of thiol groups is 1. The minimum atomic E-state index is -0.971. The number of hydrogen-bond donors (Lipinski definition) is 4. The number of hydrogen-bond acceptors (Lipinski definition) is 5. The summed E-state index contributed by atoms with van der Waals surface area (Å²) in [6, 6.07) is 24.3. The quantitative estimate of drug-likeness (QED) is 0.121. The Morgan fingerprint density at radius 2 is 1.66 bits per heavy atom. The summed E-state index contributed by atoms with van der Waals surface area (Å²) in [7, 11) is 0. The molecule has 0 radical (unpaired) electrons. The fraction of sp³-hybridized carbons (Fsp3) is 0.294. The van der Waals surface area contributed by atoms with Crippen LogP contribution in [0.15, 0.2) is 78.9 Å². The SMILES string of the molecule is CCCCc1nc(Cl)c(CNC(=O)CCNC(=O)[C@@H](S)Cc2ccccc2)n1Cc1ccc(-c2ccccc2C(=O)O)cc1. The zero-order chi connectivity index (χ0) is 31.5. The van der Waals surface area contributed by atoms with Gasteiger partial charge in [0, 0.05) is 25.9 Å². The lowest BCUT2D eigenvalue weighted by atomic mass is 9.99. The number of carboxylic acids is 1. The van der Waals surface area contributed by atoms with Gasteiger partial charge in [0.05, 0.1) is 23.1 Å². The van der Waals surface area contributed by atoms with Gasteiger partial charge in [-0.05, 0) is 41.2 Å². The van der Waals surface area contributed by atoms with Crippen LogP contribution in [0, 0.1) is 0 Å². The van der Waals surface area contributed by atoms with Gasteiger partial charge in [-0.2, -0.15) is 12.6 Å². The lowest BCUT2D eigenvalue weighted by molar-refractivity contribution is -0.122. The predicted octanol–water partition coefficient (Wildman–Crippen LogP) is 5.96. The van der Waals surface area contributed by atoms with Crippen LogP contribution in [0.3, 0.4) is 0 Å². The number of rotatable bonds is 15. The van der Waals surface area contributed by atoms with Gasteiger partial charge in [-0.15, -0.1) is 0 Å². The van der Waals surface area contributed by atoms with Crippen molar-refractivity contribution in [2.24, 2.45) is 0 Å². The van der Waals surface area contributed by atoms with E-state index in [9.17, 15) is 19.5 Å². The van der Waals surface area contributed by atoms with Crippen LogP contribution in [0.4, 0.5) is 0 Å². The summed E-state index contributed by atoms with van der Waals surface area (Å²) in [6.07, 6.45) is 3.31. The van der Waals surface area contributed by atoms with E-state index in [1.54, 1.807) is 18.2 Å². The van der Waals surface area contributed by atoms with E-state index in [1.165, 1.54) is 0 Å². The summed E-state index contributed by atoms with van der Waals surface area (Å²) in [5.41, 5.74) is 4.42. The van der Waals surface area contributed by atoms with Crippen LogP contribution in [0.1, 0.15) is 59.2 Å². The molecule has 0 unspecified atom stereocenters. The second-order valence-electron chi connectivity index (χ2n) is 10.5. The van der Waals surface area contributed by atoms with Gasteiger partial charge in [-0.3, -0.25) is 9.59 Å². The molecule has 1 atom stereocenters. The number of imidazole rings is 1. The fourth-order valence-electron chi connectivity index (χ4n) is 4.90. The summed E-state index contributed by atoms with van der Waals surface area (Å²) < 4.78 is 2.04. The molecule has 4 aromatic rings. The fourth-order valence-corrected chi connectivity index (χ4v) is 5.47. The molecule has 0 aliphatic carbocycles. The summed E-state index contributed by atoms with van der Waals surface area (Å²) in [5.74, 6) is -0.568. The monoisotopic (exact) mass is 632 g/mol. The first-order chi connectivity index (χ1) is 21.3. The Hall–Kier alpha value is -4.08. The first kappa shape index (κ1) is 32.8. The summed E-state index contributed by atoms with van der Waals surface area (Å²) in [5, 5.41) is 15.1. The number of carbonyl (C=O) groups excluding carboxylic acids is 2. The Bertz CT molecular complexity index is 1570. The topological polar surface area (TPSA) is 113 Å². The molecule has 0 bridgehead atoms. The van der Waals surface area contributed by atoms with Crippen molar-refractivity contribution in [1.29, 1.82) is 0 Å². The van der Waals surface area contributed by atoms with E-state index in [-0.39, 0.29) is 36.9 Å². The van der Waals surface area contributed by atoms with Crippen LogP contribution in [-0.2, 0) is 35.5 Å². The molecular weight excluding hydrogens is 596 g/mol. The Morgan fingerprint density at radius 3 is 2.36 bits per heavy atom. The highest BCUT2D eigenvalue weighted by atomic mass is 35.5. The smallest absolute Gasteiger partial charge is 0.336 e. The van der Waals surface area contributed by atoms with Gasteiger partial charge in [0.2, 0.25) is 11.8 Å². The van der Waals surface area contributed by atoms with Crippen LogP contribution in [0.2, 0.25) is 5.15 Å². The molecule has 4 rings (SSSR count). The Balaban J connectivity index is 1.38. The van der Waals surface area contributed by atoms with Gasteiger partial charge in [0.25, 0.3) is 0 Å². The van der Waals surface area contributed by atoms with Gasteiger partial charge < -0.3 is 20.3 Å². The molecule has 0 aliphatic rings.